The lowest BCUT2D eigenvalue weighted by Gasteiger charge is -2.32. The predicted molar refractivity (Wildman–Crippen MR) is 64.9 cm³/mol. The van der Waals surface area contributed by atoms with Crippen LogP contribution in [0.1, 0.15) is 25.7 Å². The van der Waals surface area contributed by atoms with Gasteiger partial charge in [0.15, 0.2) is 0 Å². The fourth-order valence-electron chi connectivity index (χ4n) is 2.48. The Morgan fingerprint density at radius 1 is 1.36 bits per heavy atom. The van der Waals surface area contributed by atoms with E-state index in [1.54, 1.807) is 0 Å². The van der Waals surface area contributed by atoms with Gasteiger partial charge in [-0.2, -0.15) is 0 Å². The lowest BCUT2D eigenvalue weighted by molar-refractivity contribution is 0.264. The normalized spacial score (nSPS) is 30.0. The molecule has 3 heteroatoms. The molecule has 1 N–H and O–H groups in total. The maximum Gasteiger partial charge on any atom is 0.0991 e. The molecule has 0 aromatic carbocycles. The highest BCUT2D eigenvalue weighted by Gasteiger charge is 2.28. The van der Waals surface area contributed by atoms with Crippen molar-refractivity contribution in [3.63, 3.8) is 0 Å². The number of aliphatic hydroxyl groups is 1. The van der Waals surface area contributed by atoms with E-state index in [2.05, 4.69) is 11.2 Å². The largest absolute Gasteiger partial charge is 0.386 e. The van der Waals surface area contributed by atoms with Crippen molar-refractivity contribution in [1.82, 2.24) is 0 Å². The number of aliphatic hydroxyl groups excluding tert-OH is 1. The van der Waals surface area contributed by atoms with Crippen molar-refractivity contribution in [3.05, 3.63) is 0 Å². The Kier molecular flexibility index (Phi) is 3.17. The van der Waals surface area contributed by atoms with Crippen molar-refractivity contribution < 1.29 is 5.11 Å². The van der Waals surface area contributed by atoms with Crippen LogP contribution in [0.3, 0.4) is 0 Å². The molecule has 82 valence electrons. The van der Waals surface area contributed by atoms with Crippen molar-refractivity contribution in [3.8, 4) is 0 Å². The molecule has 0 radical (unpaired) electrons. The second-order valence-electron chi connectivity index (χ2n) is 4.75. The van der Waals surface area contributed by atoms with E-state index in [1.807, 2.05) is 0 Å². The van der Waals surface area contributed by atoms with Crippen LogP contribution in [0.15, 0.2) is 4.99 Å². The summed E-state index contributed by atoms with van der Waals surface area (Å²) in [6.07, 6.45) is 7.14. The molecule has 1 fully saturated rings. The fourth-order valence-corrected chi connectivity index (χ4v) is 5.78. The second kappa shape index (κ2) is 4.23. The second-order valence-corrected chi connectivity index (χ2v) is 8.86. The van der Waals surface area contributed by atoms with Gasteiger partial charge in [0.1, 0.15) is 0 Å². The van der Waals surface area contributed by atoms with Gasteiger partial charge < -0.3 is 5.11 Å². The molecule has 0 unspecified atom stereocenters. The van der Waals surface area contributed by atoms with E-state index in [0.29, 0.717) is 0 Å². The molecule has 1 saturated heterocycles. The zero-order valence-corrected chi connectivity index (χ0v) is 9.85. The van der Waals surface area contributed by atoms with E-state index >= 15 is 0 Å². The summed E-state index contributed by atoms with van der Waals surface area (Å²) < 4.78 is 0. The Bertz CT molecular complexity index is 233. The summed E-state index contributed by atoms with van der Waals surface area (Å²) in [4.78, 5) is 4.39. The summed E-state index contributed by atoms with van der Waals surface area (Å²) in [5.41, 5.74) is 1.09. The zero-order valence-electron chi connectivity index (χ0n) is 9.04. The number of rotatable bonds is 3. The highest BCUT2D eigenvalue weighted by Crippen LogP contribution is 2.50. The van der Waals surface area contributed by atoms with Gasteiger partial charge in [0.05, 0.1) is 6.10 Å². The molecule has 0 amide bonds. The lowest BCUT2D eigenvalue weighted by Crippen LogP contribution is -2.27. The molecule has 1 atom stereocenters. The third-order valence-electron chi connectivity index (χ3n) is 3.38. The minimum atomic E-state index is -0.471. The molecular formula is C11H21NOS. The summed E-state index contributed by atoms with van der Waals surface area (Å²) in [6, 6.07) is 0. The Hall–Kier alpha value is -0.0200. The van der Waals surface area contributed by atoms with Crippen LogP contribution in [0.5, 0.6) is 0 Å². The van der Waals surface area contributed by atoms with Crippen LogP contribution in [0, 0.1) is 0 Å². The number of nitrogens with zero attached hydrogens (tertiary/aromatic N) is 1. The minimum absolute atomic E-state index is 0.212. The molecule has 2 rings (SSSR count). The average Bonchev–Trinajstić information content (AvgIpc) is 2.74. The van der Waals surface area contributed by atoms with Gasteiger partial charge in [-0.1, -0.05) is 0 Å². The van der Waals surface area contributed by atoms with Crippen molar-refractivity contribution in [2.75, 3.05) is 30.1 Å². The standard InChI is InChI=1S/C11H21NOS/c1-14(7-2-3-8-14)9-11(13)10-5-4-6-12-10/h11,13H,2-9H2,1H3/t11-/m1/s1. The number of hydrogen-bond acceptors (Lipinski definition) is 2. The predicted octanol–water partition coefficient (Wildman–Crippen LogP) is 1.81. The van der Waals surface area contributed by atoms with Gasteiger partial charge in [-0.05, 0) is 43.4 Å². The first-order valence-electron chi connectivity index (χ1n) is 5.62. The van der Waals surface area contributed by atoms with Crippen LogP contribution in [-0.4, -0.2) is 47.0 Å². The van der Waals surface area contributed by atoms with Crippen LogP contribution in [-0.2, 0) is 0 Å². The quantitative estimate of drug-likeness (QED) is 0.765. The molecule has 0 aromatic rings. The van der Waals surface area contributed by atoms with Gasteiger partial charge in [0.25, 0.3) is 0 Å². The van der Waals surface area contributed by atoms with Crippen molar-refractivity contribution >= 4 is 15.7 Å². The summed E-state index contributed by atoms with van der Waals surface area (Å²) in [5, 5.41) is 10.1. The Labute approximate surface area is 88.1 Å². The van der Waals surface area contributed by atoms with Gasteiger partial charge in [0.2, 0.25) is 0 Å². The zero-order chi connectivity index (χ0) is 10.0. The Morgan fingerprint density at radius 3 is 2.64 bits per heavy atom. The molecule has 0 spiro atoms. The summed E-state index contributed by atoms with van der Waals surface area (Å²) in [7, 11) is -0.471. The molecule has 2 heterocycles. The molecule has 2 aliphatic heterocycles. The SMILES string of the molecule is CS1(C[C@@H](O)C2=NCCC2)CCCC1. The van der Waals surface area contributed by atoms with Gasteiger partial charge >= 0.3 is 0 Å². The molecule has 14 heavy (non-hydrogen) atoms. The maximum absolute atomic E-state index is 10.1. The molecule has 2 aliphatic rings. The van der Waals surface area contributed by atoms with Crippen molar-refractivity contribution in [1.29, 1.82) is 0 Å². The molecule has 0 bridgehead atoms. The topological polar surface area (TPSA) is 32.6 Å². The third-order valence-corrected chi connectivity index (χ3v) is 7.04. The van der Waals surface area contributed by atoms with Gasteiger partial charge in [-0.3, -0.25) is 4.99 Å². The molecule has 0 saturated carbocycles. The van der Waals surface area contributed by atoms with Gasteiger partial charge in [-0.15, -0.1) is 0 Å². The van der Waals surface area contributed by atoms with Crippen LogP contribution in [0.4, 0.5) is 0 Å². The molecule has 0 aromatic heterocycles. The fraction of sp³-hybridized carbons (Fsp3) is 0.909. The molecular weight excluding hydrogens is 194 g/mol. The van der Waals surface area contributed by atoms with Crippen LogP contribution in [0.2, 0.25) is 0 Å². The number of hydrogen-bond donors (Lipinski definition) is 1. The van der Waals surface area contributed by atoms with Gasteiger partial charge in [0, 0.05) is 18.0 Å². The summed E-state index contributed by atoms with van der Waals surface area (Å²) >= 11 is 0. The lowest BCUT2D eigenvalue weighted by atomic mass is 10.2. The van der Waals surface area contributed by atoms with Crippen molar-refractivity contribution in [2.24, 2.45) is 4.99 Å². The van der Waals surface area contributed by atoms with Gasteiger partial charge in [-0.25, -0.2) is 10.0 Å². The Balaban J connectivity index is 1.89. The van der Waals surface area contributed by atoms with E-state index < -0.39 is 10.0 Å². The average molecular weight is 215 g/mol. The Morgan fingerprint density at radius 2 is 2.07 bits per heavy atom. The van der Waals surface area contributed by atoms with E-state index in [0.717, 1.165) is 30.9 Å². The highest BCUT2D eigenvalue weighted by molar-refractivity contribution is 8.33. The summed E-state index contributed by atoms with van der Waals surface area (Å²) in [5.74, 6) is 3.76. The first-order chi connectivity index (χ1) is 6.70. The number of aliphatic imine (C=N–C) groups is 1. The third kappa shape index (κ3) is 2.31. The minimum Gasteiger partial charge on any atom is -0.386 e. The van der Waals surface area contributed by atoms with E-state index in [4.69, 9.17) is 0 Å². The van der Waals surface area contributed by atoms with Crippen molar-refractivity contribution in [2.45, 2.75) is 31.8 Å². The van der Waals surface area contributed by atoms with E-state index in [1.165, 1.54) is 24.3 Å². The smallest absolute Gasteiger partial charge is 0.0991 e. The first kappa shape index (κ1) is 10.5. The van der Waals surface area contributed by atoms with E-state index in [-0.39, 0.29) is 6.10 Å². The van der Waals surface area contributed by atoms with Crippen LogP contribution < -0.4 is 0 Å². The molecule has 0 aliphatic carbocycles. The summed E-state index contributed by atoms with van der Waals surface area (Å²) in [6.45, 7) is 0.943. The monoisotopic (exact) mass is 215 g/mol. The first-order valence-corrected chi connectivity index (χ1v) is 8.17. The van der Waals surface area contributed by atoms with Crippen LogP contribution in [0.25, 0.3) is 0 Å². The molecule has 2 nitrogen and oxygen atoms in total. The van der Waals surface area contributed by atoms with E-state index in [9.17, 15) is 5.11 Å². The maximum atomic E-state index is 10.1. The van der Waals surface area contributed by atoms with Crippen LogP contribution >= 0.6 is 10.0 Å². The highest BCUT2D eigenvalue weighted by atomic mass is 32.3.